The number of benzene rings is 2. The average molecular weight is 483 g/mol. The summed E-state index contributed by atoms with van der Waals surface area (Å²) in [5.74, 6) is 0.747. The van der Waals surface area contributed by atoms with E-state index in [1.807, 2.05) is 38.1 Å². The van der Waals surface area contributed by atoms with E-state index in [1.54, 1.807) is 18.1 Å². The number of rotatable bonds is 9. The predicted molar refractivity (Wildman–Crippen MR) is 126 cm³/mol. The van der Waals surface area contributed by atoms with Crippen LogP contribution in [-0.2, 0) is 4.74 Å². The van der Waals surface area contributed by atoms with Gasteiger partial charge in [0.25, 0.3) is 5.89 Å². The van der Waals surface area contributed by atoms with Crippen molar-refractivity contribution in [1.82, 2.24) is 20.4 Å². The topological polar surface area (TPSA) is 99.0 Å². The average Bonchev–Trinajstić information content (AvgIpc) is 3.34. The number of nitrogens with zero attached hydrogens (tertiary/aromatic N) is 3. The van der Waals surface area contributed by atoms with Crippen molar-refractivity contribution in [2.75, 3.05) is 34.0 Å². The van der Waals surface area contributed by atoms with E-state index >= 15 is 0 Å². The number of urea groups is 1. The number of methoxy groups -OCH3 is 2. The summed E-state index contributed by atoms with van der Waals surface area (Å²) in [5, 5.41) is 7.09. The summed E-state index contributed by atoms with van der Waals surface area (Å²) in [7, 11) is 2.97. The lowest BCUT2D eigenvalue weighted by Gasteiger charge is -2.35. The molecule has 9 nitrogen and oxygen atoms in total. The minimum atomic E-state index is -0.544. The highest BCUT2D eigenvalue weighted by atomic mass is 19.1. The fraction of sp³-hybridized carbons (Fsp3) is 0.320. The monoisotopic (exact) mass is 482 g/mol. The SMILES string of the molecule is CCOc1ccc(C2NC(=O)N(CCOC)C(C)=C2c2nc(-c3ccc(OC)c(F)c3)no2)cc1. The fourth-order valence-electron chi connectivity index (χ4n) is 3.94. The van der Waals surface area contributed by atoms with E-state index < -0.39 is 11.9 Å². The van der Waals surface area contributed by atoms with Gasteiger partial charge in [-0.2, -0.15) is 4.98 Å². The molecule has 0 radical (unpaired) electrons. The van der Waals surface area contributed by atoms with Crippen molar-refractivity contribution in [3.05, 3.63) is 65.4 Å². The zero-order valence-corrected chi connectivity index (χ0v) is 20.0. The number of allylic oxidation sites excluding steroid dienone is 1. The molecule has 0 bridgehead atoms. The molecule has 2 aromatic carbocycles. The lowest BCUT2D eigenvalue weighted by atomic mass is 9.94. The third-order valence-electron chi connectivity index (χ3n) is 5.71. The third-order valence-corrected chi connectivity index (χ3v) is 5.71. The highest BCUT2D eigenvalue weighted by molar-refractivity contribution is 5.86. The van der Waals surface area contributed by atoms with E-state index in [0.29, 0.717) is 36.6 Å². The first-order valence-electron chi connectivity index (χ1n) is 11.1. The molecule has 0 spiro atoms. The number of nitrogens with one attached hydrogen (secondary N) is 1. The molecule has 0 saturated carbocycles. The quantitative estimate of drug-likeness (QED) is 0.482. The number of ether oxygens (including phenoxy) is 3. The molecule has 1 aromatic heterocycles. The van der Waals surface area contributed by atoms with Crippen LogP contribution in [0, 0.1) is 5.82 Å². The van der Waals surface area contributed by atoms with Gasteiger partial charge in [-0.3, -0.25) is 4.90 Å². The molecular weight excluding hydrogens is 455 g/mol. The van der Waals surface area contributed by atoms with Crippen LogP contribution in [0.2, 0.25) is 0 Å². The largest absolute Gasteiger partial charge is 0.494 e. The summed E-state index contributed by atoms with van der Waals surface area (Å²) in [6.07, 6.45) is 0. The zero-order chi connectivity index (χ0) is 24.9. The molecule has 0 fully saturated rings. The van der Waals surface area contributed by atoms with Crippen molar-refractivity contribution < 1.29 is 27.9 Å². The lowest BCUT2D eigenvalue weighted by molar-refractivity contribution is 0.158. The van der Waals surface area contributed by atoms with Crippen LogP contribution in [0.5, 0.6) is 11.5 Å². The Hall–Kier alpha value is -3.92. The molecule has 4 rings (SSSR count). The molecule has 1 aliphatic rings. The Labute approximate surface area is 202 Å². The van der Waals surface area contributed by atoms with Crippen molar-refractivity contribution in [2.45, 2.75) is 19.9 Å². The van der Waals surface area contributed by atoms with Gasteiger partial charge in [-0.05, 0) is 49.7 Å². The minimum absolute atomic E-state index is 0.121. The van der Waals surface area contributed by atoms with Crippen LogP contribution in [0.4, 0.5) is 9.18 Å². The molecule has 184 valence electrons. The van der Waals surface area contributed by atoms with Gasteiger partial charge >= 0.3 is 6.03 Å². The zero-order valence-electron chi connectivity index (χ0n) is 20.0. The lowest BCUT2D eigenvalue weighted by Crippen LogP contribution is -2.47. The number of carbonyl (C=O) groups excluding carboxylic acids is 1. The van der Waals surface area contributed by atoms with Crippen LogP contribution in [0.1, 0.15) is 31.3 Å². The third kappa shape index (κ3) is 4.97. The second-order valence-electron chi connectivity index (χ2n) is 7.80. The van der Waals surface area contributed by atoms with Gasteiger partial charge in [0, 0.05) is 18.4 Å². The van der Waals surface area contributed by atoms with Crippen molar-refractivity contribution >= 4 is 11.6 Å². The van der Waals surface area contributed by atoms with Crippen LogP contribution >= 0.6 is 0 Å². The summed E-state index contributed by atoms with van der Waals surface area (Å²) in [6, 6.07) is 11.1. The smallest absolute Gasteiger partial charge is 0.322 e. The van der Waals surface area contributed by atoms with Gasteiger partial charge in [0.2, 0.25) is 5.82 Å². The van der Waals surface area contributed by atoms with Crippen LogP contribution < -0.4 is 14.8 Å². The fourth-order valence-corrected chi connectivity index (χ4v) is 3.94. The molecular formula is C25H27FN4O5. The Morgan fingerprint density at radius 1 is 1.17 bits per heavy atom. The standard InChI is InChI=1S/C25H27FN4O5/c1-5-34-18-9-6-16(7-10-18)22-21(15(2)30(12-13-32-3)25(31)27-22)24-28-23(29-35-24)17-8-11-20(33-4)19(26)14-17/h6-11,14,22H,5,12-13H2,1-4H3,(H,27,31). The number of aromatic nitrogens is 2. The highest BCUT2D eigenvalue weighted by Crippen LogP contribution is 2.38. The second kappa shape index (κ2) is 10.6. The highest BCUT2D eigenvalue weighted by Gasteiger charge is 2.35. The van der Waals surface area contributed by atoms with Gasteiger partial charge in [0.15, 0.2) is 11.6 Å². The second-order valence-corrected chi connectivity index (χ2v) is 7.80. The van der Waals surface area contributed by atoms with Gasteiger partial charge in [-0.15, -0.1) is 0 Å². The van der Waals surface area contributed by atoms with Gasteiger partial charge in [-0.25, -0.2) is 9.18 Å². The number of amides is 2. The van der Waals surface area contributed by atoms with Crippen LogP contribution in [0.3, 0.4) is 0 Å². The molecule has 1 N–H and O–H groups in total. The maximum Gasteiger partial charge on any atom is 0.322 e. The Morgan fingerprint density at radius 2 is 1.94 bits per heavy atom. The van der Waals surface area contributed by atoms with Gasteiger partial charge in [0.1, 0.15) is 5.75 Å². The Balaban J connectivity index is 1.76. The first-order chi connectivity index (χ1) is 17.0. The first kappa shape index (κ1) is 24.2. The number of carbonyl (C=O) groups is 1. The number of halogens is 1. The molecule has 3 aromatic rings. The van der Waals surface area contributed by atoms with E-state index in [0.717, 1.165) is 11.3 Å². The molecule has 1 unspecified atom stereocenters. The molecule has 2 heterocycles. The summed E-state index contributed by atoms with van der Waals surface area (Å²) >= 11 is 0. The van der Waals surface area contributed by atoms with Crippen molar-refractivity contribution in [2.24, 2.45) is 0 Å². The van der Waals surface area contributed by atoms with Crippen LogP contribution in [0.15, 0.2) is 52.7 Å². The Morgan fingerprint density at radius 3 is 2.60 bits per heavy atom. The molecule has 1 atom stereocenters. The summed E-state index contributed by atoms with van der Waals surface area (Å²) < 4.78 is 35.6. The Kier molecular flexibility index (Phi) is 7.31. The van der Waals surface area contributed by atoms with Crippen LogP contribution in [0.25, 0.3) is 17.0 Å². The molecule has 2 amide bonds. The molecule has 0 saturated heterocycles. The summed E-state index contributed by atoms with van der Waals surface area (Å²) in [5.41, 5.74) is 2.54. The molecule has 0 aliphatic carbocycles. The normalized spacial score (nSPS) is 15.9. The van der Waals surface area contributed by atoms with E-state index in [2.05, 4.69) is 15.5 Å². The van der Waals surface area contributed by atoms with Gasteiger partial charge < -0.3 is 24.1 Å². The molecule has 10 heteroatoms. The van der Waals surface area contributed by atoms with E-state index in [4.69, 9.17) is 18.7 Å². The number of hydrogen-bond donors (Lipinski definition) is 1. The van der Waals surface area contributed by atoms with Crippen molar-refractivity contribution in [3.63, 3.8) is 0 Å². The van der Waals surface area contributed by atoms with E-state index in [1.165, 1.54) is 19.2 Å². The van der Waals surface area contributed by atoms with E-state index in [-0.39, 0.29) is 23.5 Å². The maximum atomic E-state index is 14.2. The van der Waals surface area contributed by atoms with Crippen molar-refractivity contribution in [3.8, 4) is 22.9 Å². The Bertz CT molecular complexity index is 1220. The predicted octanol–water partition coefficient (Wildman–Crippen LogP) is 4.43. The van der Waals surface area contributed by atoms with E-state index in [9.17, 15) is 9.18 Å². The first-order valence-corrected chi connectivity index (χ1v) is 11.1. The molecule has 1 aliphatic heterocycles. The summed E-state index contributed by atoms with van der Waals surface area (Å²) in [6.45, 7) is 4.98. The summed E-state index contributed by atoms with van der Waals surface area (Å²) in [4.78, 5) is 19.1. The van der Waals surface area contributed by atoms with Gasteiger partial charge in [-0.1, -0.05) is 17.3 Å². The van der Waals surface area contributed by atoms with Gasteiger partial charge in [0.05, 0.1) is 38.5 Å². The number of hydrogen-bond acceptors (Lipinski definition) is 7. The van der Waals surface area contributed by atoms with Crippen LogP contribution in [-0.4, -0.2) is 55.0 Å². The molecule has 35 heavy (non-hydrogen) atoms. The maximum absolute atomic E-state index is 14.2. The van der Waals surface area contributed by atoms with Crippen molar-refractivity contribution in [1.29, 1.82) is 0 Å². The minimum Gasteiger partial charge on any atom is -0.494 e.